The van der Waals surface area contributed by atoms with E-state index in [1.807, 2.05) is 17.0 Å². The summed E-state index contributed by atoms with van der Waals surface area (Å²) in [5, 5.41) is 0. The van der Waals surface area contributed by atoms with Crippen LogP contribution in [0.1, 0.15) is 24.8 Å². The van der Waals surface area contributed by atoms with Gasteiger partial charge in [0, 0.05) is 19.0 Å². The Hall–Kier alpha value is -1.51. The van der Waals surface area contributed by atoms with Crippen molar-refractivity contribution in [1.82, 2.24) is 4.90 Å². The number of amides is 1. The van der Waals surface area contributed by atoms with Crippen LogP contribution in [-0.2, 0) is 4.79 Å². The van der Waals surface area contributed by atoms with Crippen molar-refractivity contribution in [1.29, 1.82) is 0 Å². The number of carbonyl (C=O) groups excluding carboxylic acids is 1. The molecule has 0 aromatic heterocycles. The Morgan fingerprint density at radius 2 is 2.06 bits per heavy atom. The third kappa shape index (κ3) is 2.60. The fourth-order valence-electron chi connectivity index (χ4n) is 2.48. The predicted octanol–water partition coefficient (Wildman–Crippen LogP) is 2.28. The largest absolute Gasteiger partial charge is 0.497 e. The minimum Gasteiger partial charge on any atom is -0.497 e. The molecule has 0 spiro atoms. The second-order valence-corrected chi connectivity index (χ2v) is 4.75. The topological polar surface area (TPSA) is 29.5 Å². The van der Waals surface area contributed by atoms with Crippen molar-refractivity contribution in [3.63, 3.8) is 0 Å². The number of methoxy groups -OCH3 is 1. The Bertz CT molecular complexity index is 374. The summed E-state index contributed by atoms with van der Waals surface area (Å²) in [6.07, 6.45) is 2.04. The molecule has 0 saturated carbocycles. The van der Waals surface area contributed by atoms with E-state index in [2.05, 4.69) is 19.1 Å². The van der Waals surface area contributed by atoms with Gasteiger partial charge in [-0.2, -0.15) is 0 Å². The van der Waals surface area contributed by atoms with Gasteiger partial charge in [0.2, 0.25) is 6.41 Å². The number of benzene rings is 1. The molecule has 2 rings (SSSR count). The molecule has 2 atom stereocenters. The number of hydrogen-bond donors (Lipinski definition) is 0. The van der Waals surface area contributed by atoms with Crippen LogP contribution in [0.25, 0.3) is 0 Å². The Labute approximate surface area is 102 Å². The Morgan fingerprint density at radius 1 is 1.35 bits per heavy atom. The summed E-state index contributed by atoms with van der Waals surface area (Å²) in [6, 6.07) is 8.19. The number of likely N-dealkylation sites (tertiary alicyclic amines) is 1. The first-order valence-corrected chi connectivity index (χ1v) is 6.08. The molecule has 0 radical (unpaired) electrons. The molecule has 3 nitrogen and oxygen atoms in total. The van der Waals surface area contributed by atoms with Crippen molar-refractivity contribution in [2.75, 3.05) is 20.2 Å². The van der Waals surface area contributed by atoms with Gasteiger partial charge in [0.25, 0.3) is 0 Å². The molecule has 3 heteroatoms. The van der Waals surface area contributed by atoms with Gasteiger partial charge in [-0.3, -0.25) is 4.79 Å². The van der Waals surface area contributed by atoms with E-state index in [-0.39, 0.29) is 0 Å². The first kappa shape index (κ1) is 12.0. The molecule has 1 aromatic carbocycles. The highest BCUT2D eigenvalue weighted by Crippen LogP contribution is 2.32. The third-order valence-electron chi connectivity index (χ3n) is 3.68. The molecule has 0 N–H and O–H groups in total. The summed E-state index contributed by atoms with van der Waals surface area (Å²) in [5.41, 5.74) is 1.30. The van der Waals surface area contributed by atoms with Gasteiger partial charge in [-0.25, -0.2) is 0 Å². The zero-order chi connectivity index (χ0) is 12.3. The standard InChI is InChI=1S/C14H19NO2/c1-11-7-8-15(10-16)9-14(11)12-3-5-13(17-2)6-4-12/h3-6,10-11,14H,7-9H2,1-2H3. The zero-order valence-electron chi connectivity index (χ0n) is 10.4. The summed E-state index contributed by atoms with van der Waals surface area (Å²) in [4.78, 5) is 12.7. The number of rotatable bonds is 3. The molecule has 17 heavy (non-hydrogen) atoms. The van der Waals surface area contributed by atoms with Gasteiger partial charge < -0.3 is 9.64 Å². The molecule has 92 valence electrons. The second kappa shape index (κ2) is 5.21. The number of piperidine rings is 1. The quantitative estimate of drug-likeness (QED) is 0.750. The monoisotopic (exact) mass is 233 g/mol. The Kier molecular flexibility index (Phi) is 3.67. The van der Waals surface area contributed by atoms with Crippen LogP contribution in [0.5, 0.6) is 5.75 Å². The van der Waals surface area contributed by atoms with Crippen LogP contribution >= 0.6 is 0 Å². The lowest BCUT2D eigenvalue weighted by molar-refractivity contribution is -0.119. The summed E-state index contributed by atoms with van der Waals surface area (Å²) >= 11 is 0. The highest BCUT2D eigenvalue weighted by Gasteiger charge is 2.26. The Balaban J connectivity index is 2.15. The number of nitrogens with zero attached hydrogens (tertiary/aromatic N) is 1. The van der Waals surface area contributed by atoms with Crippen LogP contribution < -0.4 is 4.74 Å². The predicted molar refractivity (Wildman–Crippen MR) is 67.2 cm³/mol. The molecule has 1 fully saturated rings. The van der Waals surface area contributed by atoms with Crippen molar-refractivity contribution in [2.24, 2.45) is 5.92 Å². The van der Waals surface area contributed by atoms with Crippen molar-refractivity contribution < 1.29 is 9.53 Å². The minimum absolute atomic E-state index is 0.444. The first-order valence-electron chi connectivity index (χ1n) is 6.08. The highest BCUT2D eigenvalue weighted by molar-refractivity contribution is 5.47. The van der Waals surface area contributed by atoms with Gasteiger partial charge in [-0.1, -0.05) is 19.1 Å². The fourth-order valence-corrected chi connectivity index (χ4v) is 2.48. The van der Waals surface area contributed by atoms with Crippen LogP contribution in [0, 0.1) is 5.92 Å². The van der Waals surface area contributed by atoms with Gasteiger partial charge in [0.1, 0.15) is 5.75 Å². The van der Waals surface area contributed by atoms with Crippen LogP contribution in [0.3, 0.4) is 0 Å². The average Bonchev–Trinajstić information content (AvgIpc) is 2.39. The maximum atomic E-state index is 10.8. The van der Waals surface area contributed by atoms with Crippen LogP contribution in [-0.4, -0.2) is 31.5 Å². The van der Waals surface area contributed by atoms with Gasteiger partial charge >= 0.3 is 0 Å². The molecule has 0 aliphatic carbocycles. The van der Waals surface area contributed by atoms with Crippen molar-refractivity contribution >= 4 is 6.41 Å². The minimum atomic E-state index is 0.444. The van der Waals surface area contributed by atoms with Crippen LogP contribution in [0.15, 0.2) is 24.3 Å². The smallest absolute Gasteiger partial charge is 0.209 e. The van der Waals surface area contributed by atoms with Crippen molar-refractivity contribution in [2.45, 2.75) is 19.3 Å². The molecule has 1 saturated heterocycles. The molecular formula is C14H19NO2. The van der Waals surface area contributed by atoms with Gasteiger partial charge in [-0.15, -0.1) is 0 Å². The maximum absolute atomic E-state index is 10.8. The number of hydrogen-bond acceptors (Lipinski definition) is 2. The van der Waals surface area contributed by atoms with E-state index >= 15 is 0 Å². The summed E-state index contributed by atoms with van der Waals surface area (Å²) in [6.45, 7) is 3.98. The highest BCUT2D eigenvalue weighted by atomic mass is 16.5. The van der Waals surface area contributed by atoms with Crippen molar-refractivity contribution in [3.8, 4) is 5.75 Å². The van der Waals surface area contributed by atoms with Crippen LogP contribution in [0.2, 0.25) is 0 Å². The molecule has 0 bridgehead atoms. The van der Waals surface area contributed by atoms with Crippen LogP contribution in [0.4, 0.5) is 0 Å². The molecule has 1 heterocycles. The zero-order valence-corrected chi connectivity index (χ0v) is 10.4. The Morgan fingerprint density at radius 3 is 2.65 bits per heavy atom. The molecule has 1 aliphatic rings. The van der Waals surface area contributed by atoms with E-state index in [1.54, 1.807) is 7.11 Å². The first-order chi connectivity index (χ1) is 8.24. The van der Waals surface area contributed by atoms with E-state index in [9.17, 15) is 4.79 Å². The molecule has 1 aliphatic heterocycles. The fraction of sp³-hybridized carbons (Fsp3) is 0.500. The van der Waals surface area contributed by atoms with E-state index < -0.39 is 0 Å². The summed E-state index contributed by atoms with van der Waals surface area (Å²) in [5.74, 6) is 1.95. The van der Waals surface area contributed by atoms with E-state index in [0.29, 0.717) is 11.8 Å². The van der Waals surface area contributed by atoms with Gasteiger partial charge in [0.05, 0.1) is 7.11 Å². The van der Waals surface area contributed by atoms with Gasteiger partial charge in [-0.05, 0) is 30.0 Å². The third-order valence-corrected chi connectivity index (χ3v) is 3.68. The molecular weight excluding hydrogens is 214 g/mol. The number of ether oxygens (including phenoxy) is 1. The average molecular weight is 233 g/mol. The molecule has 2 unspecified atom stereocenters. The summed E-state index contributed by atoms with van der Waals surface area (Å²) < 4.78 is 5.16. The normalized spacial score (nSPS) is 24.5. The van der Waals surface area contributed by atoms with E-state index in [1.165, 1.54) is 5.56 Å². The second-order valence-electron chi connectivity index (χ2n) is 4.75. The van der Waals surface area contributed by atoms with E-state index in [4.69, 9.17) is 4.74 Å². The van der Waals surface area contributed by atoms with Gasteiger partial charge in [0.15, 0.2) is 0 Å². The lowest BCUT2D eigenvalue weighted by Crippen LogP contribution is -2.37. The molecule has 1 amide bonds. The molecule has 1 aromatic rings. The van der Waals surface area contributed by atoms with Crippen molar-refractivity contribution in [3.05, 3.63) is 29.8 Å². The summed E-state index contributed by atoms with van der Waals surface area (Å²) in [7, 11) is 1.67. The van der Waals surface area contributed by atoms with E-state index in [0.717, 1.165) is 31.7 Å². The SMILES string of the molecule is COc1ccc(C2CN(C=O)CCC2C)cc1. The maximum Gasteiger partial charge on any atom is 0.209 e. The lowest BCUT2D eigenvalue weighted by Gasteiger charge is -2.35. The lowest BCUT2D eigenvalue weighted by atomic mass is 9.82. The number of carbonyl (C=O) groups is 1.